The number of nitriles is 1. The average Bonchev–Trinajstić information content (AvgIpc) is 2.30. The first-order valence-corrected chi connectivity index (χ1v) is 4.98. The molecule has 0 aromatic heterocycles. The predicted molar refractivity (Wildman–Crippen MR) is 55.5 cm³/mol. The molecule has 1 rings (SSSR count). The van der Waals surface area contributed by atoms with Gasteiger partial charge in [-0.3, -0.25) is 0 Å². The number of hydrogen-bond acceptors (Lipinski definition) is 5. The van der Waals surface area contributed by atoms with E-state index >= 15 is 0 Å². The van der Waals surface area contributed by atoms with Crippen molar-refractivity contribution in [2.75, 3.05) is 6.61 Å². The summed E-state index contributed by atoms with van der Waals surface area (Å²) in [5.74, 6) is -3.20. The van der Waals surface area contributed by atoms with Gasteiger partial charge in [-0.15, -0.1) is 13.2 Å². The molecule has 0 heterocycles. The van der Waals surface area contributed by atoms with Gasteiger partial charge in [-0.1, -0.05) is 0 Å². The summed E-state index contributed by atoms with van der Waals surface area (Å²) in [4.78, 5) is 11.5. The van der Waals surface area contributed by atoms with Crippen LogP contribution in [0.2, 0.25) is 0 Å². The molecule has 102 valence electrons. The molecule has 0 bridgehead atoms. The van der Waals surface area contributed by atoms with Gasteiger partial charge in [0.15, 0.2) is 11.5 Å². The zero-order valence-electron chi connectivity index (χ0n) is 9.61. The quantitative estimate of drug-likeness (QED) is 0.856. The van der Waals surface area contributed by atoms with Crippen LogP contribution in [0.25, 0.3) is 0 Å². The zero-order valence-corrected chi connectivity index (χ0v) is 9.61. The minimum Gasteiger partial charge on any atom is -0.504 e. The van der Waals surface area contributed by atoms with Crippen molar-refractivity contribution in [1.29, 1.82) is 5.26 Å². The van der Waals surface area contributed by atoms with E-state index in [4.69, 9.17) is 5.26 Å². The summed E-state index contributed by atoms with van der Waals surface area (Å²) in [7, 11) is 0. The minimum absolute atomic E-state index is 0.0815. The molecule has 8 heteroatoms. The highest BCUT2D eigenvalue weighted by atomic mass is 19.4. The molecular weight excluding hydrogens is 267 g/mol. The number of alkyl halides is 3. The molecule has 1 aromatic rings. The standard InChI is InChI=1S/C11H8F3NO4/c1-2-18-10(17)7-3-6(5-15)4-8(16)9(7)19-11(12,13)14/h3-4,16H,2H2,1H3. The molecule has 1 N–H and O–H groups in total. The molecule has 0 aliphatic heterocycles. The van der Waals surface area contributed by atoms with Crippen LogP contribution in [0.5, 0.6) is 11.5 Å². The lowest BCUT2D eigenvalue weighted by Crippen LogP contribution is -2.20. The topological polar surface area (TPSA) is 79.6 Å². The van der Waals surface area contributed by atoms with Crippen molar-refractivity contribution in [2.45, 2.75) is 13.3 Å². The Balaban J connectivity index is 3.34. The third-order valence-electron chi connectivity index (χ3n) is 1.91. The van der Waals surface area contributed by atoms with Gasteiger partial charge < -0.3 is 14.6 Å². The van der Waals surface area contributed by atoms with Crippen LogP contribution in [-0.4, -0.2) is 24.0 Å². The fourth-order valence-corrected chi connectivity index (χ4v) is 1.26. The Kier molecular flexibility index (Phi) is 4.22. The van der Waals surface area contributed by atoms with Crippen LogP contribution >= 0.6 is 0 Å². The van der Waals surface area contributed by atoms with Crippen molar-refractivity contribution in [3.8, 4) is 17.6 Å². The Morgan fingerprint density at radius 2 is 2.11 bits per heavy atom. The van der Waals surface area contributed by atoms with E-state index in [9.17, 15) is 23.1 Å². The van der Waals surface area contributed by atoms with Gasteiger partial charge in [0.05, 0.1) is 18.2 Å². The maximum Gasteiger partial charge on any atom is 0.573 e. The number of carbonyl (C=O) groups is 1. The fraction of sp³-hybridized carbons (Fsp3) is 0.273. The highest BCUT2D eigenvalue weighted by Gasteiger charge is 2.35. The normalized spacial score (nSPS) is 10.7. The first-order valence-electron chi connectivity index (χ1n) is 4.98. The number of esters is 1. The van der Waals surface area contributed by atoms with Crippen molar-refractivity contribution in [3.05, 3.63) is 23.3 Å². The van der Waals surface area contributed by atoms with E-state index in [1.54, 1.807) is 6.07 Å². The molecule has 0 amide bonds. The molecule has 0 atom stereocenters. The number of hydrogen-bond donors (Lipinski definition) is 1. The summed E-state index contributed by atoms with van der Waals surface area (Å²) in [5, 5.41) is 18.0. The van der Waals surface area contributed by atoms with Crippen LogP contribution < -0.4 is 4.74 Å². The van der Waals surface area contributed by atoms with Gasteiger partial charge in [-0.25, -0.2) is 4.79 Å². The summed E-state index contributed by atoms with van der Waals surface area (Å²) in [6, 6.07) is 3.19. The lowest BCUT2D eigenvalue weighted by molar-refractivity contribution is -0.275. The van der Waals surface area contributed by atoms with Crippen molar-refractivity contribution in [1.82, 2.24) is 0 Å². The maximum atomic E-state index is 12.2. The Morgan fingerprint density at radius 3 is 2.58 bits per heavy atom. The van der Waals surface area contributed by atoms with Gasteiger partial charge in [-0.05, 0) is 13.0 Å². The number of benzene rings is 1. The van der Waals surface area contributed by atoms with Gasteiger partial charge in [0.25, 0.3) is 0 Å². The second-order valence-corrected chi connectivity index (χ2v) is 3.25. The molecule has 0 aliphatic carbocycles. The number of ether oxygens (including phenoxy) is 2. The Morgan fingerprint density at radius 1 is 1.47 bits per heavy atom. The van der Waals surface area contributed by atoms with Crippen molar-refractivity contribution in [2.24, 2.45) is 0 Å². The Bertz CT molecular complexity index is 534. The molecular formula is C11H8F3NO4. The third kappa shape index (κ3) is 3.77. The molecule has 0 spiro atoms. The summed E-state index contributed by atoms with van der Waals surface area (Å²) < 4.78 is 44.6. The van der Waals surface area contributed by atoms with Crippen molar-refractivity contribution < 1.29 is 32.5 Å². The van der Waals surface area contributed by atoms with Crippen LogP contribution in [0.3, 0.4) is 0 Å². The van der Waals surface area contributed by atoms with Crippen molar-refractivity contribution in [3.63, 3.8) is 0 Å². The van der Waals surface area contributed by atoms with Crippen molar-refractivity contribution >= 4 is 5.97 Å². The molecule has 0 unspecified atom stereocenters. The molecule has 0 radical (unpaired) electrons. The van der Waals surface area contributed by atoms with Crippen LogP contribution in [0.15, 0.2) is 12.1 Å². The first-order chi connectivity index (χ1) is 8.78. The fourth-order valence-electron chi connectivity index (χ4n) is 1.26. The number of halogens is 3. The van der Waals surface area contributed by atoms with E-state index in [1.165, 1.54) is 6.92 Å². The van der Waals surface area contributed by atoms with Crippen LogP contribution in [-0.2, 0) is 4.74 Å². The third-order valence-corrected chi connectivity index (χ3v) is 1.91. The monoisotopic (exact) mass is 275 g/mol. The van der Waals surface area contributed by atoms with E-state index in [1.807, 2.05) is 0 Å². The number of carbonyl (C=O) groups excluding carboxylic acids is 1. The zero-order chi connectivity index (χ0) is 14.6. The van der Waals surface area contributed by atoms with Gasteiger partial charge in [0.2, 0.25) is 0 Å². The van der Waals surface area contributed by atoms with E-state index in [2.05, 4.69) is 9.47 Å². The van der Waals surface area contributed by atoms with E-state index in [0.717, 1.165) is 12.1 Å². The molecule has 0 saturated carbocycles. The van der Waals surface area contributed by atoms with Gasteiger partial charge in [-0.2, -0.15) is 5.26 Å². The second-order valence-electron chi connectivity index (χ2n) is 3.25. The maximum absolute atomic E-state index is 12.2. The Hall–Kier alpha value is -2.43. The summed E-state index contributed by atoms with van der Waals surface area (Å²) in [5.41, 5.74) is -0.870. The summed E-state index contributed by atoms with van der Waals surface area (Å²) in [6.45, 7) is 1.37. The van der Waals surface area contributed by atoms with Crippen LogP contribution in [0, 0.1) is 11.3 Å². The van der Waals surface area contributed by atoms with E-state index in [0.29, 0.717) is 0 Å². The smallest absolute Gasteiger partial charge is 0.504 e. The SMILES string of the molecule is CCOC(=O)c1cc(C#N)cc(O)c1OC(F)(F)F. The molecule has 0 aliphatic rings. The van der Waals surface area contributed by atoms with E-state index < -0.39 is 29.4 Å². The minimum atomic E-state index is -5.09. The van der Waals surface area contributed by atoms with E-state index in [-0.39, 0.29) is 12.2 Å². The number of rotatable bonds is 3. The Labute approximate surface area is 105 Å². The number of nitrogens with zero attached hydrogens (tertiary/aromatic N) is 1. The van der Waals surface area contributed by atoms with Crippen LogP contribution in [0.4, 0.5) is 13.2 Å². The summed E-state index contributed by atoms with van der Waals surface area (Å²) in [6.07, 6.45) is -5.09. The van der Waals surface area contributed by atoms with Crippen LogP contribution in [0.1, 0.15) is 22.8 Å². The number of phenols is 1. The molecule has 19 heavy (non-hydrogen) atoms. The number of aromatic hydroxyl groups is 1. The van der Waals surface area contributed by atoms with Gasteiger partial charge >= 0.3 is 12.3 Å². The highest BCUT2D eigenvalue weighted by Crippen LogP contribution is 2.36. The lowest BCUT2D eigenvalue weighted by Gasteiger charge is -2.14. The highest BCUT2D eigenvalue weighted by molar-refractivity contribution is 5.94. The first kappa shape index (κ1) is 14.6. The largest absolute Gasteiger partial charge is 0.573 e. The molecule has 0 saturated heterocycles. The predicted octanol–water partition coefficient (Wildman–Crippen LogP) is 2.34. The molecule has 5 nitrogen and oxygen atoms in total. The molecule has 0 fully saturated rings. The molecule has 1 aromatic carbocycles. The van der Waals surface area contributed by atoms with Gasteiger partial charge in [0, 0.05) is 6.07 Å². The summed E-state index contributed by atoms with van der Waals surface area (Å²) >= 11 is 0. The van der Waals surface area contributed by atoms with Gasteiger partial charge in [0.1, 0.15) is 5.56 Å². The number of phenolic OH excluding ortho intramolecular Hbond substituents is 1. The lowest BCUT2D eigenvalue weighted by atomic mass is 10.1. The second kappa shape index (κ2) is 5.48. The average molecular weight is 275 g/mol.